The number of H-pyrrole nitrogens is 1. The Balaban J connectivity index is 1.69. The number of aromatic amines is 1. The minimum absolute atomic E-state index is 0.139. The number of hydrogen-bond donors (Lipinski definition) is 3. The van der Waals surface area contributed by atoms with Crippen molar-refractivity contribution in [2.45, 2.75) is 24.0 Å². The molecular formula is C20H19ClN2O6S. The molecule has 1 aromatic heterocycles. The average molecular weight is 451 g/mol. The molecule has 1 heterocycles. The Morgan fingerprint density at radius 1 is 1.17 bits per heavy atom. The number of hydrogen-bond acceptors (Lipinski definition) is 6. The number of benzene rings is 2. The van der Waals surface area contributed by atoms with Gasteiger partial charge >= 0.3 is 5.97 Å². The van der Waals surface area contributed by atoms with Crippen LogP contribution < -0.4 is 4.72 Å². The summed E-state index contributed by atoms with van der Waals surface area (Å²) in [5.74, 6) is -1.54. The first-order valence-electron chi connectivity index (χ1n) is 8.91. The maximum absolute atomic E-state index is 12.5. The van der Waals surface area contributed by atoms with E-state index in [1.165, 1.54) is 37.4 Å². The molecule has 30 heavy (non-hydrogen) atoms. The molecule has 3 N–H and O–H groups in total. The number of rotatable bonds is 8. The van der Waals surface area contributed by atoms with E-state index < -0.39 is 40.5 Å². The third kappa shape index (κ3) is 4.88. The van der Waals surface area contributed by atoms with Gasteiger partial charge in [-0.2, -0.15) is 4.72 Å². The van der Waals surface area contributed by atoms with Crippen LogP contribution in [0.2, 0.25) is 5.02 Å². The van der Waals surface area contributed by atoms with Crippen molar-refractivity contribution in [3.8, 4) is 0 Å². The number of fused-ring (bicyclic) bond motifs is 1. The zero-order valence-electron chi connectivity index (χ0n) is 15.8. The highest BCUT2D eigenvalue weighted by Gasteiger charge is 2.31. The molecule has 0 aliphatic carbocycles. The van der Waals surface area contributed by atoms with Crippen LogP contribution in [0.1, 0.15) is 17.3 Å². The van der Waals surface area contributed by atoms with Crippen molar-refractivity contribution in [3.05, 3.63) is 65.3 Å². The van der Waals surface area contributed by atoms with Crippen molar-refractivity contribution in [3.63, 3.8) is 0 Å². The molecule has 0 amide bonds. The van der Waals surface area contributed by atoms with Crippen LogP contribution in [0.15, 0.2) is 59.6 Å². The Hall–Kier alpha value is -2.72. The summed E-state index contributed by atoms with van der Waals surface area (Å²) in [7, 11) is -4.14. The Bertz CT molecular complexity index is 1170. The number of halogens is 1. The van der Waals surface area contributed by atoms with E-state index in [2.05, 4.69) is 9.71 Å². The number of aromatic nitrogens is 1. The highest BCUT2D eigenvalue weighted by Crippen LogP contribution is 2.19. The zero-order chi connectivity index (χ0) is 21.9. The van der Waals surface area contributed by atoms with Crippen LogP contribution in [0.3, 0.4) is 0 Å². The molecule has 0 radical (unpaired) electrons. The van der Waals surface area contributed by atoms with E-state index in [4.69, 9.17) is 16.3 Å². The molecule has 3 rings (SSSR count). The Labute approximate surface area is 177 Å². The van der Waals surface area contributed by atoms with E-state index in [1.807, 2.05) is 6.07 Å². The largest absolute Gasteiger partial charge is 0.456 e. The monoisotopic (exact) mass is 450 g/mol. The molecule has 3 aromatic rings. The number of ether oxygens (including phenoxy) is 1. The van der Waals surface area contributed by atoms with Crippen LogP contribution in [0.5, 0.6) is 0 Å². The quantitative estimate of drug-likeness (QED) is 0.357. The van der Waals surface area contributed by atoms with Gasteiger partial charge in [0, 0.05) is 27.7 Å². The third-order valence-corrected chi connectivity index (χ3v) is 6.09. The van der Waals surface area contributed by atoms with Crippen LogP contribution in [0.25, 0.3) is 10.9 Å². The van der Waals surface area contributed by atoms with Crippen LogP contribution in [0, 0.1) is 0 Å². The number of carbonyl (C=O) groups excluding carboxylic acids is 2. The van der Waals surface area contributed by atoms with E-state index in [1.54, 1.807) is 18.2 Å². The molecule has 0 aliphatic heterocycles. The van der Waals surface area contributed by atoms with Gasteiger partial charge in [-0.05, 0) is 37.3 Å². The van der Waals surface area contributed by atoms with E-state index in [0.717, 1.165) is 5.52 Å². The molecule has 2 atom stereocenters. The lowest BCUT2D eigenvalue weighted by Crippen LogP contribution is -2.48. The van der Waals surface area contributed by atoms with Gasteiger partial charge in [0.1, 0.15) is 6.04 Å². The van der Waals surface area contributed by atoms with Crippen molar-refractivity contribution < 1.29 is 27.9 Å². The van der Waals surface area contributed by atoms with E-state index in [-0.39, 0.29) is 4.90 Å². The number of aliphatic hydroxyl groups excluding tert-OH is 1. The highest BCUT2D eigenvalue weighted by atomic mass is 35.5. The first kappa shape index (κ1) is 22.0. The number of ketones is 1. The molecule has 0 aliphatic rings. The van der Waals surface area contributed by atoms with E-state index in [0.29, 0.717) is 16.0 Å². The maximum Gasteiger partial charge on any atom is 0.327 e. The molecule has 158 valence electrons. The second-order valence-electron chi connectivity index (χ2n) is 6.57. The average Bonchev–Trinajstić information content (AvgIpc) is 3.14. The molecule has 0 fully saturated rings. The van der Waals surface area contributed by atoms with Gasteiger partial charge in [0.25, 0.3) is 0 Å². The molecule has 8 nitrogen and oxygen atoms in total. The molecule has 2 aromatic carbocycles. The van der Waals surface area contributed by atoms with Crippen LogP contribution in [-0.4, -0.2) is 49.0 Å². The molecule has 0 bridgehead atoms. The molecular weight excluding hydrogens is 432 g/mol. The number of carbonyl (C=O) groups is 2. The predicted molar refractivity (Wildman–Crippen MR) is 111 cm³/mol. The summed E-state index contributed by atoms with van der Waals surface area (Å²) < 4.78 is 32.1. The summed E-state index contributed by atoms with van der Waals surface area (Å²) >= 11 is 5.75. The number of nitrogens with one attached hydrogen (secondary N) is 2. The lowest BCUT2D eigenvalue weighted by Gasteiger charge is -2.20. The fourth-order valence-corrected chi connectivity index (χ4v) is 4.18. The predicted octanol–water partition coefficient (Wildman–Crippen LogP) is 2.28. The van der Waals surface area contributed by atoms with E-state index >= 15 is 0 Å². The fraction of sp³-hybridized carbons (Fsp3) is 0.200. The Morgan fingerprint density at radius 3 is 2.50 bits per heavy atom. The molecule has 0 saturated heterocycles. The lowest BCUT2D eigenvalue weighted by molar-refractivity contribution is -0.147. The summed E-state index contributed by atoms with van der Waals surface area (Å²) in [6.45, 7) is 0.629. The van der Waals surface area contributed by atoms with Crippen molar-refractivity contribution in [1.82, 2.24) is 9.71 Å². The third-order valence-electron chi connectivity index (χ3n) is 4.38. The van der Waals surface area contributed by atoms with Crippen molar-refractivity contribution in [1.29, 1.82) is 0 Å². The number of esters is 1. The second kappa shape index (κ2) is 8.97. The summed E-state index contributed by atoms with van der Waals surface area (Å²) in [5, 5.41) is 10.9. The van der Waals surface area contributed by atoms with Crippen molar-refractivity contribution in [2.75, 3.05) is 6.61 Å². The minimum Gasteiger partial charge on any atom is -0.456 e. The van der Waals surface area contributed by atoms with Gasteiger partial charge in [-0.25, -0.2) is 8.42 Å². The molecule has 0 unspecified atom stereocenters. The summed E-state index contributed by atoms with van der Waals surface area (Å²) in [6, 6.07) is 10.8. The topological polar surface area (TPSA) is 126 Å². The van der Waals surface area contributed by atoms with Crippen LogP contribution in [-0.2, 0) is 19.6 Å². The summed E-state index contributed by atoms with van der Waals surface area (Å²) in [4.78, 5) is 27.6. The first-order chi connectivity index (χ1) is 14.2. The lowest BCUT2D eigenvalue weighted by atomic mass is 10.1. The number of aliphatic hydroxyl groups is 1. The van der Waals surface area contributed by atoms with Crippen LogP contribution in [0.4, 0.5) is 0 Å². The van der Waals surface area contributed by atoms with Gasteiger partial charge in [0.15, 0.2) is 6.61 Å². The first-order valence-corrected chi connectivity index (χ1v) is 10.8. The fourth-order valence-electron chi connectivity index (χ4n) is 2.80. The molecule has 10 heteroatoms. The molecule has 0 saturated carbocycles. The van der Waals surface area contributed by atoms with Gasteiger partial charge in [-0.15, -0.1) is 0 Å². The van der Waals surface area contributed by atoms with Crippen molar-refractivity contribution >= 4 is 44.3 Å². The number of para-hydroxylation sites is 1. The zero-order valence-corrected chi connectivity index (χ0v) is 17.4. The number of sulfonamides is 1. The van der Waals surface area contributed by atoms with Gasteiger partial charge in [0.05, 0.1) is 11.0 Å². The van der Waals surface area contributed by atoms with Gasteiger partial charge in [0.2, 0.25) is 15.8 Å². The second-order valence-corrected chi connectivity index (χ2v) is 8.72. The smallest absolute Gasteiger partial charge is 0.327 e. The van der Waals surface area contributed by atoms with Gasteiger partial charge in [-0.3, -0.25) is 9.59 Å². The highest BCUT2D eigenvalue weighted by molar-refractivity contribution is 7.89. The normalized spacial score (nSPS) is 13.7. The van der Waals surface area contributed by atoms with Crippen LogP contribution >= 0.6 is 11.6 Å². The number of Topliss-reactive ketones (excluding diaryl/α,β-unsaturated/α-hetero) is 1. The van der Waals surface area contributed by atoms with Crippen molar-refractivity contribution in [2.24, 2.45) is 0 Å². The Kier molecular flexibility index (Phi) is 6.57. The van der Waals surface area contributed by atoms with E-state index in [9.17, 15) is 23.1 Å². The summed E-state index contributed by atoms with van der Waals surface area (Å²) in [6.07, 6.45) is 0.110. The molecule has 0 spiro atoms. The summed E-state index contributed by atoms with van der Waals surface area (Å²) in [5.41, 5.74) is 1.10. The SMILES string of the molecule is C[C@H](O)[C@H](NS(=O)(=O)c1ccc(Cl)cc1)C(=O)OCC(=O)c1c[nH]c2ccccc12. The Morgan fingerprint density at radius 2 is 1.83 bits per heavy atom. The van der Waals surface area contributed by atoms with Gasteiger partial charge in [-0.1, -0.05) is 29.8 Å². The standard InChI is InChI=1S/C20H19ClN2O6S/c1-12(24)19(23-30(27,28)14-8-6-13(21)7-9-14)20(26)29-11-18(25)16-10-22-17-5-3-2-4-15(16)17/h2-10,12,19,22-24H,11H2,1H3/t12-,19-/m0/s1. The maximum atomic E-state index is 12.5. The minimum atomic E-state index is -4.14. The van der Waals surface area contributed by atoms with Gasteiger partial charge < -0.3 is 14.8 Å².